The third-order valence-electron chi connectivity index (χ3n) is 5.79. The molecule has 1 fully saturated rings. The smallest absolute Gasteiger partial charge is 0.341 e. The normalized spacial score (nSPS) is 15.1. The van der Waals surface area contributed by atoms with Gasteiger partial charge in [-0.05, 0) is 42.0 Å². The second-order valence-corrected chi connectivity index (χ2v) is 11.0. The maximum Gasteiger partial charge on any atom is 0.341 e. The lowest BCUT2D eigenvalue weighted by atomic mass is 10.0. The van der Waals surface area contributed by atoms with E-state index in [1.807, 2.05) is 22.1 Å². The van der Waals surface area contributed by atoms with Crippen molar-refractivity contribution in [3.63, 3.8) is 0 Å². The lowest BCUT2D eigenvalue weighted by molar-refractivity contribution is -0.113. The second kappa shape index (κ2) is 11.5. The molecule has 0 saturated carbocycles. The van der Waals surface area contributed by atoms with Crippen LogP contribution in [0, 0.1) is 5.82 Å². The monoisotopic (exact) mass is 558 g/mol. The van der Waals surface area contributed by atoms with Crippen molar-refractivity contribution in [3.05, 3.63) is 58.5 Å². The van der Waals surface area contributed by atoms with Crippen LogP contribution in [0.4, 0.5) is 9.39 Å². The zero-order valence-electron chi connectivity index (χ0n) is 19.8. The molecule has 0 spiro atoms. The van der Waals surface area contributed by atoms with Crippen LogP contribution in [-0.4, -0.2) is 52.2 Å². The van der Waals surface area contributed by atoms with Crippen molar-refractivity contribution in [1.82, 2.24) is 14.8 Å². The van der Waals surface area contributed by atoms with Gasteiger partial charge in [-0.1, -0.05) is 30.0 Å². The quantitative estimate of drug-likeness (QED) is 0.212. The van der Waals surface area contributed by atoms with Crippen LogP contribution in [0.15, 0.2) is 52.3 Å². The summed E-state index contributed by atoms with van der Waals surface area (Å²) in [5.41, 5.74) is 1.45. The first-order chi connectivity index (χ1) is 18.0. The molecule has 4 aromatic rings. The van der Waals surface area contributed by atoms with E-state index in [1.54, 1.807) is 28.8 Å². The summed E-state index contributed by atoms with van der Waals surface area (Å²) in [6, 6.07) is 9.76. The standard InChI is InChI=1S/C25H23FN4O4S3/c1-33-24(32)21-18(15-6-8-16(26)9-7-15)13-36-23(21)27-20(31)14-37-25-29-28-22(19-5-3-11-35-19)30(25)12-17-4-2-10-34-17/h3,5-9,11,13,17H,2,4,10,12,14H2,1H3,(H,27,31). The number of aromatic nitrogens is 3. The van der Waals surface area contributed by atoms with E-state index in [0.717, 1.165) is 30.2 Å². The molecule has 0 radical (unpaired) electrons. The molecular weight excluding hydrogens is 535 g/mol. The highest BCUT2D eigenvalue weighted by Crippen LogP contribution is 2.36. The minimum Gasteiger partial charge on any atom is -0.465 e. The van der Waals surface area contributed by atoms with Crippen LogP contribution in [0.3, 0.4) is 0 Å². The van der Waals surface area contributed by atoms with Crippen molar-refractivity contribution in [2.24, 2.45) is 0 Å². The summed E-state index contributed by atoms with van der Waals surface area (Å²) in [5.74, 6) is -0.437. The fourth-order valence-electron chi connectivity index (χ4n) is 4.03. The Kier molecular flexibility index (Phi) is 7.99. The van der Waals surface area contributed by atoms with Crippen molar-refractivity contribution in [2.45, 2.75) is 30.6 Å². The van der Waals surface area contributed by atoms with Crippen LogP contribution in [0.1, 0.15) is 23.2 Å². The van der Waals surface area contributed by atoms with E-state index in [9.17, 15) is 14.0 Å². The van der Waals surface area contributed by atoms with Crippen LogP contribution in [0.5, 0.6) is 0 Å². The maximum absolute atomic E-state index is 13.4. The van der Waals surface area contributed by atoms with E-state index in [1.165, 1.54) is 42.3 Å². The van der Waals surface area contributed by atoms with Crippen LogP contribution in [0.25, 0.3) is 21.8 Å². The number of thioether (sulfide) groups is 1. The number of methoxy groups -OCH3 is 1. The van der Waals surface area contributed by atoms with Gasteiger partial charge in [0.15, 0.2) is 11.0 Å². The number of carbonyl (C=O) groups is 2. The predicted octanol–water partition coefficient (Wildman–Crippen LogP) is 5.57. The average Bonchev–Trinajstić information content (AvgIpc) is 3.71. The van der Waals surface area contributed by atoms with Crippen molar-refractivity contribution < 1.29 is 23.5 Å². The lowest BCUT2D eigenvalue weighted by Crippen LogP contribution is -2.18. The van der Waals surface area contributed by atoms with Gasteiger partial charge in [0.2, 0.25) is 5.91 Å². The van der Waals surface area contributed by atoms with Gasteiger partial charge in [0.1, 0.15) is 16.4 Å². The second-order valence-electron chi connectivity index (χ2n) is 8.22. The summed E-state index contributed by atoms with van der Waals surface area (Å²) in [5, 5.41) is 16.3. The van der Waals surface area contributed by atoms with Crippen molar-refractivity contribution in [3.8, 4) is 21.8 Å². The van der Waals surface area contributed by atoms with Crippen LogP contribution in [-0.2, 0) is 20.8 Å². The zero-order chi connectivity index (χ0) is 25.8. The third kappa shape index (κ3) is 5.77. The molecule has 1 amide bonds. The highest BCUT2D eigenvalue weighted by molar-refractivity contribution is 7.99. The number of carbonyl (C=O) groups excluding carboxylic acids is 2. The molecule has 192 valence electrons. The number of benzene rings is 1. The topological polar surface area (TPSA) is 95.3 Å². The number of thiophene rings is 2. The Morgan fingerprint density at radius 3 is 2.78 bits per heavy atom. The molecule has 37 heavy (non-hydrogen) atoms. The molecule has 3 aromatic heterocycles. The average molecular weight is 559 g/mol. The van der Waals surface area contributed by atoms with Crippen LogP contribution in [0.2, 0.25) is 0 Å². The highest BCUT2D eigenvalue weighted by atomic mass is 32.2. The van der Waals surface area contributed by atoms with Gasteiger partial charge in [-0.15, -0.1) is 32.9 Å². The van der Waals surface area contributed by atoms with E-state index in [0.29, 0.717) is 27.8 Å². The number of anilines is 1. The Hall–Kier alpha value is -3.06. The Bertz CT molecular complexity index is 1380. The van der Waals surface area contributed by atoms with Crippen molar-refractivity contribution in [1.29, 1.82) is 0 Å². The number of ether oxygens (including phenoxy) is 2. The molecule has 1 N–H and O–H groups in total. The summed E-state index contributed by atoms with van der Waals surface area (Å²) < 4.78 is 26.2. The maximum atomic E-state index is 13.4. The van der Waals surface area contributed by atoms with Gasteiger partial charge >= 0.3 is 5.97 Å². The Labute approximate surface area is 224 Å². The number of hydrogen-bond acceptors (Lipinski definition) is 9. The molecule has 1 aliphatic rings. The number of amides is 1. The largest absolute Gasteiger partial charge is 0.465 e. The minimum absolute atomic E-state index is 0.0679. The fourth-order valence-corrected chi connectivity index (χ4v) is 6.47. The highest BCUT2D eigenvalue weighted by Gasteiger charge is 2.25. The van der Waals surface area contributed by atoms with E-state index >= 15 is 0 Å². The summed E-state index contributed by atoms with van der Waals surface area (Å²) in [6.45, 7) is 1.36. The number of halogens is 1. The van der Waals surface area contributed by atoms with Crippen LogP contribution >= 0.6 is 34.4 Å². The van der Waals surface area contributed by atoms with Gasteiger partial charge in [-0.3, -0.25) is 9.36 Å². The molecule has 1 unspecified atom stereocenters. The molecule has 0 bridgehead atoms. The molecule has 1 atom stereocenters. The number of hydrogen-bond donors (Lipinski definition) is 1. The number of rotatable bonds is 9. The summed E-state index contributed by atoms with van der Waals surface area (Å²) in [6.07, 6.45) is 2.08. The summed E-state index contributed by atoms with van der Waals surface area (Å²) in [7, 11) is 1.28. The first-order valence-electron chi connectivity index (χ1n) is 11.5. The predicted molar refractivity (Wildman–Crippen MR) is 143 cm³/mol. The first-order valence-corrected chi connectivity index (χ1v) is 14.2. The fraction of sp³-hybridized carbons (Fsp3) is 0.280. The van der Waals surface area contributed by atoms with Gasteiger partial charge in [0, 0.05) is 17.6 Å². The lowest BCUT2D eigenvalue weighted by Gasteiger charge is -2.14. The van der Waals surface area contributed by atoms with Gasteiger partial charge in [-0.2, -0.15) is 0 Å². The molecule has 8 nitrogen and oxygen atoms in total. The van der Waals surface area contributed by atoms with Gasteiger partial charge in [0.25, 0.3) is 0 Å². The van der Waals surface area contributed by atoms with E-state index in [-0.39, 0.29) is 29.1 Å². The molecule has 1 saturated heterocycles. The summed E-state index contributed by atoms with van der Waals surface area (Å²) >= 11 is 4.06. The van der Waals surface area contributed by atoms with Crippen LogP contribution < -0.4 is 5.32 Å². The van der Waals surface area contributed by atoms with Gasteiger partial charge in [0.05, 0.1) is 30.4 Å². The molecule has 5 rings (SSSR count). The molecular formula is C25H23FN4O4S3. The minimum atomic E-state index is -0.583. The Balaban J connectivity index is 1.32. The van der Waals surface area contributed by atoms with E-state index in [4.69, 9.17) is 9.47 Å². The number of esters is 1. The number of nitrogens with zero attached hydrogens (tertiary/aromatic N) is 3. The van der Waals surface area contributed by atoms with E-state index in [2.05, 4.69) is 15.5 Å². The molecule has 0 aliphatic carbocycles. The third-order valence-corrected chi connectivity index (χ3v) is 8.52. The zero-order valence-corrected chi connectivity index (χ0v) is 22.3. The van der Waals surface area contributed by atoms with Crippen molar-refractivity contribution >= 4 is 51.3 Å². The van der Waals surface area contributed by atoms with E-state index < -0.39 is 5.97 Å². The SMILES string of the molecule is COC(=O)c1c(-c2ccc(F)cc2)csc1NC(=O)CSc1nnc(-c2cccs2)n1CC1CCCO1. The molecule has 4 heterocycles. The Morgan fingerprint density at radius 2 is 2.08 bits per heavy atom. The van der Waals surface area contributed by atoms with Crippen molar-refractivity contribution in [2.75, 3.05) is 24.8 Å². The number of nitrogens with one attached hydrogen (secondary N) is 1. The molecule has 1 aliphatic heterocycles. The Morgan fingerprint density at radius 1 is 1.24 bits per heavy atom. The first kappa shape index (κ1) is 25.6. The summed E-state index contributed by atoms with van der Waals surface area (Å²) in [4.78, 5) is 26.5. The molecule has 12 heteroatoms. The van der Waals surface area contributed by atoms with Gasteiger partial charge < -0.3 is 14.8 Å². The van der Waals surface area contributed by atoms with Gasteiger partial charge in [-0.25, -0.2) is 9.18 Å². The molecule has 1 aromatic carbocycles.